The van der Waals surface area contributed by atoms with E-state index in [0.717, 1.165) is 25.5 Å². The summed E-state index contributed by atoms with van der Waals surface area (Å²) in [6.07, 6.45) is 2.09. The van der Waals surface area contributed by atoms with Crippen LogP contribution >= 0.6 is 0 Å². The van der Waals surface area contributed by atoms with Gasteiger partial charge in [-0.15, -0.1) is 0 Å². The fourth-order valence-corrected chi connectivity index (χ4v) is 1.97. The number of nitrogens with zero attached hydrogens (tertiary/aromatic N) is 2. The lowest BCUT2D eigenvalue weighted by Gasteiger charge is -2.13. The number of non-ortho nitro benzene ring substituents is 1. The third kappa shape index (κ3) is 4.27. The van der Waals surface area contributed by atoms with Crippen LogP contribution in [0, 0.1) is 26.1 Å². The SMILES string of the molecule is CCC(CC)CNCc1ccc([N+](=O)[O-])cc1[N+](=O)[O-]. The number of hydrogen-bond acceptors (Lipinski definition) is 5. The zero-order valence-corrected chi connectivity index (χ0v) is 11.7. The highest BCUT2D eigenvalue weighted by molar-refractivity contribution is 5.49. The summed E-state index contributed by atoms with van der Waals surface area (Å²) in [5.74, 6) is 0.534. The van der Waals surface area contributed by atoms with Gasteiger partial charge in [0.15, 0.2) is 0 Å². The van der Waals surface area contributed by atoms with Crippen molar-refractivity contribution < 1.29 is 9.85 Å². The molecule has 0 radical (unpaired) electrons. The van der Waals surface area contributed by atoms with Gasteiger partial charge in [0.25, 0.3) is 11.4 Å². The summed E-state index contributed by atoms with van der Waals surface area (Å²) in [6.45, 7) is 5.32. The van der Waals surface area contributed by atoms with Crippen molar-refractivity contribution in [2.75, 3.05) is 6.54 Å². The molecule has 0 aliphatic carbocycles. The van der Waals surface area contributed by atoms with Gasteiger partial charge in [-0.1, -0.05) is 26.7 Å². The van der Waals surface area contributed by atoms with Gasteiger partial charge in [0.05, 0.1) is 15.9 Å². The monoisotopic (exact) mass is 281 g/mol. The van der Waals surface area contributed by atoms with Crippen LogP contribution < -0.4 is 5.32 Å². The van der Waals surface area contributed by atoms with Crippen LogP contribution in [0.1, 0.15) is 32.3 Å². The zero-order valence-electron chi connectivity index (χ0n) is 11.7. The second-order valence-corrected chi connectivity index (χ2v) is 4.64. The van der Waals surface area contributed by atoms with Crippen molar-refractivity contribution in [3.8, 4) is 0 Å². The first-order valence-electron chi connectivity index (χ1n) is 6.62. The summed E-state index contributed by atoms with van der Waals surface area (Å²) in [6, 6.07) is 3.74. The van der Waals surface area contributed by atoms with Crippen molar-refractivity contribution in [1.82, 2.24) is 5.32 Å². The molecular formula is C13H19N3O4. The van der Waals surface area contributed by atoms with Crippen LogP contribution in [0.15, 0.2) is 18.2 Å². The average molecular weight is 281 g/mol. The summed E-state index contributed by atoms with van der Waals surface area (Å²) >= 11 is 0. The molecule has 0 aromatic heterocycles. The molecule has 0 unspecified atom stereocenters. The van der Waals surface area contributed by atoms with Crippen LogP contribution in [0.3, 0.4) is 0 Å². The molecule has 0 aliphatic rings. The molecule has 7 nitrogen and oxygen atoms in total. The van der Waals surface area contributed by atoms with Gasteiger partial charge in [-0.25, -0.2) is 0 Å². The normalized spacial score (nSPS) is 10.8. The summed E-state index contributed by atoms with van der Waals surface area (Å²) in [5, 5.41) is 24.8. The van der Waals surface area contributed by atoms with Crippen LogP contribution in [0.2, 0.25) is 0 Å². The number of rotatable bonds is 8. The Bertz CT molecular complexity index is 487. The van der Waals surface area contributed by atoms with Crippen LogP contribution in [0.5, 0.6) is 0 Å². The van der Waals surface area contributed by atoms with E-state index in [-0.39, 0.29) is 11.4 Å². The molecule has 1 rings (SSSR count). The van der Waals surface area contributed by atoms with Gasteiger partial charge in [-0.05, 0) is 18.5 Å². The highest BCUT2D eigenvalue weighted by atomic mass is 16.6. The molecule has 0 bridgehead atoms. The Kier molecular flexibility index (Phi) is 6.05. The molecule has 0 heterocycles. The molecule has 0 atom stereocenters. The highest BCUT2D eigenvalue weighted by Gasteiger charge is 2.19. The lowest BCUT2D eigenvalue weighted by atomic mass is 10.0. The van der Waals surface area contributed by atoms with Crippen molar-refractivity contribution in [3.63, 3.8) is 0 Å². The van der Waals surface area contributed by atoms with Gasteiger partial charge in [0.2, 0.25) is 0 Å². The van der Waals surface area contributed by atoms with E-state index in [9.17, 15) is 20.2 Å². The van der Waals surface area contributed by atoms with Crippen molar-refractivity contribution in [2.24, 2.45) is 5.92 Å². The van der Waals surface area contributed by atoms with Gasteiger partial charge in [0, 0.05) is 18.2 Å². The van der Waals surface area contributed by atoms with Crippen molar-refractivity contribution in [1.29, 1.82) is 0 Å². The second-order valence-electron chi connectivity index (χ2n) is 4.64. The van der Waals surface area contributed by atoms with Crippen LogP contribution in [0.4, 0.5) is 11.4 Å². The van der Waals surface area contributed by atoms with Gasteiger partial charge >= 0.3 is 0 Å². The summed E-state index contributed by atoms with van der Waals surface area (Å²) in [4.78, 5) is 20.4. The molecule has 110 valence electrons. The smallest absolute Gasteiger partial charge is 0.280 e. The maximum atomic E-state index is 11.0. The van der Waals surface area contributed by atoms with Crippen molar-refractivity contribution in [3.05, 3.63) is 44.0 Å². The number of nitro groups is 2. The van der Waals surface area contributed by atoms with E-state index in [2.05, 4.69) is 19.2 Å². The minimum Gasteiger partial charge on any atom is -0.312 e. The second kappa shape index (κ2) is 7.54. The molecule has 0 spiro atoms. The predicted molar refractivity (Wildman–Crippen MR) is 75.5 cm³/mol. The topological polar surface area (TPSA) is 98.3 Å². The molecule has 1 N–H and O–H groups in total. The predicted octanol–water partition coefficient (Wildman–Crippen LogP) is 3.03. The molecule has 0 aliphatic heterocycles. The van der Waals surface area contributed by atoms with E-state index < -0.39 is 9.85 Å². The maximum absolute atomic E-state index is 11.0. The molecule has 20 heavy (non-hydrogen) atoms. The van der Waals surface area contributed by atoms with Crippen LogP contribution in [0.25, 0.3) is 0 Å². The van der Waals surface area contributed by atoms with Crippen molar-refractivity contribution >= 4 is 11.4 Å². The van der Waals surface area contributed by atoms with E-state index in [0.29, 0.717) is 18.0 Å². The average Bonchev–Trinajstić information content (AvgIpc) is 2.43. The Hall–Kier alpha value is -2.02. The van der Waals surface area contributed by atoms with Crippen LogP contribution in [-0.2, 0) is 6.54 Å². The largest absolute Gasteiger partial charge is 0.312 e. The van der Waals surface area contributed by atoms with Crippen LogP contribution in [-0.4, -0.2) is 16.4 Å². The third-order valence-corrected chi connectivity index (χ3v) is 3.38. The third-order valence-electron chi connectivity index (χ3n) is 3.38. The van der Waals surface area contributed by atoms with E-state index in [4.69, 9.17) is 0 Å². The minimum absolute atomic E-state index is 0.212. The summed E-state index contributed by atoms with van der Waals surface area (Å²) in [7, 11) is 0. The molecular weight excluding hydrogens is 262 g/mol. The van der Waals surface area contributed by atoms with E-state index in [1.807, 2.05) is 0 Å². The fourth-order valence-electron chi connectivity index (χ4n) is 1.97. The first-order valence-corrected chi connectivity index (χ1v) is 6.62. The van der Waals surface area contributed by atoms with Crippen molar-refractivity contribution in [2.45, 2.75) is 33.2 Å². The van der Waals surface area contributed by atoms with E-state index in [1.165, 1.54) is 12.1 Å². The highest BCUT2D eigenvalue weighted by Crippen LogP contribution is 2.24. The Balaban J connectivity index is 2.79. The lowest BCUT2D eigenvalue weighted by Crippen LogP contribution is -2.22. The maximum Gasteiger partial charge on any atom is 0.280 e. The van der Waals surface area contributed by atoms with E-state index in [1.54, 1.807) is 0 Å². The molecule has 0 saturated heterocycles. The summed E-state index contributed by atoms with van der Waals surface area (Å²) < 4.78 is 0. The first kappa shape index (κ1) is 16.0. The van der Waals surface area contributed by atoms with E-state index >= 15 is 0 Å². The van der Waals surface area contributed by atoms with Gasteiger partial charge in [-0.3, -0.25) is 20.2 Å². The first-order chi connectivity index (χ1) is 9.49. The molecule has 0 amide bonds. The lowest BCUT2D eigenvalue weighted by molar-refractivity contribution is -0.394. The van der Waals surface area contributed by atoms with Gasteiger partial charge < -0.3 is 5.32 Å². The number of nitro benzene ring substituents is 2. The minimum atomic E-state index is -0.631. The Morgan fingerprint density at radius 1 is 1.15 bits per heavy atom. The number of nitrogens with one attached hydrogen (secondary N) is 1. The number of benzene rings is 1. The molecule has 0 fully saturated rings. The molecule has 0 saturated carbocycles. The van der Waals surface area contributed by atoms with Gasteiger partial charge in [0.1, 0.15) is 0 Å². The Morgan fingerprint density at radius 2 is 1.80 bits per heavy atom. The fraction of sp³-hybridized carbons (Fsp3) is 0.538. The standard InChI is InChI=1S/C13H19N3O4/c1-3-10(4-2)8-14-9-11-5-6-12(15(17)18)7-13(11)16(19)20/h5-7,10,14H,3-4,8-9H2,1-2H3. The molecule has 1 aromatic rings. The summed E-state index contributed by atoms with van der Waals surface area (Å²) in [5.41, 5.74) is -0.0109. The molecule has 1 aromatic carbocycles. The quantitative estimate of drug-likeness (QED) is 0.583. The zero-order chi connectivity index (χ0) is 15.1. The Morgan fingerprint density at radius 3 is 2.30 bits per heavy atom. The Labute approximate surface area is 117 Å². The van der Waals surface area contributed by atoms with Gasteiger partial charge in [-0.2, -0.15) is 0 Å². The number of hydrogen-bond donors (Lipinski definition) is 1. The molecule has 7 heteroatoms.